The average molecular weight is 613 g/mol. The summed E-state index contributed by atoms with van der Waals surface area (Å²) in [6.45, 7) is 6.78. The van der Waals surface area contributed by atoms with E-state index in [0.717, 1.165) is 15.9 Å². The number of carbonyl (C=O) groups excluding carboxylic acids is 1. The van der Waals surface area contributed by atoms with Crippen LogP contribution in [0.5, 0.6) is 5.75 Å². The number of aliphatic hydroxyl groups excluding tert-OH is 1. The quantitative estimate of drug-likeness (QED) is 0.270. The van der Waals surface area contributed by atoms with E-state index in [4.69, 9.17) is 9.47 Å². The fourth-order valence-corrected chi connectivity index (χ4v) is 6.46. The maximum Gasteiger partial charge on any atom is 0.333 e. The van der Waals surface area contributed by atoms with E-state index in [9.17, 15) is 23.9 Å². The van der Waals surface area contributed by atoms with Crippen molar-refractivity contribution in [1.82, 2.24) is 29.0 Å². The van der Waals surface area contributed by atoms with Gasteiger partial charge in [-0.2, -0.15) is 10.2 Å². The van der Waals surface area contributed by atoms with Crippen LogP contribution in [0.1, 0.15) is 38.0 Å². The van der Waals surface area contributed by atoms with Gasteiger partial charge in [-0.3, -0.25) is 14.2 Å². The maximum atomic E-state index is 14.5. The lowest BCUT2D eigenvalue weighted by Gasteiger charge is -2.31. The Hall–Kier alpha value is -4.14. The highest BCUT2D eigenvalue weighted by molar-refractivity contribution is 7.21. The number of aromatic nitrogens is 5. The second kappa shape index (κ2) is 11.9. The van der Waals surface area contributed by atoms with Crippen molar-refractivity contribution in [2.24, 2.45) is 0 Å². The number of halogens is 1. The van der Waals surface area contributed by atoms with Gasteiger partial charge >= 0.3 is 5.69 Å². The van der Waals surface area contributed by atoms with Gasteiger partial charge in [0.25, 0.3) is 5.56 Å². The lowest BCUT2D eigenvalue weighted by atomic mass is 10.0. The third-order valence-corrected chi connectivity index (χ3v) is 8.68. The number of thiophene rings is 1. The van der Waals surface area contributed by atoms with E-state index in [1.54, 1.807) is 25.7 Å². The number of aliphatic hydroxyl groups is 1. The van der Waals surface area contributed by atoms with Crippen LogP contribution in [0.25, 0.3) is 15.2 Å². The predicted molar refractivity (Wildman–Crippen MR) is 158 cm³/mol. The molecule has 12 nitrogen and oxygen atoms in total. The Balaban J connectivity index is 1.77. The molecule has 14 heteroatoms. The lowest BCUT2D eigenvalue weighted by molar-refractivity contribution is -0.138. The third kappa shape index (κ3) is 5.53. The summed E-state index contributed by atoms with van der Waals surface area (Å²) < 4.78 is 28.3. The normalized spacial score (nSPS) is 14.9. The van der Waals surface area contributed by atoms with E-state index in [1.807, 2.05) is 12.2 Å². The van der Waals surface area contributed by atoms with Gasteiger partial charge in [0.15, 0.2) is 0 Å². The van der Waals surface area contributed by atoms with Gasteiger partial charge in [-0.25, -0.2) is 13.8 Å². The van der Waals surface area contributed by atoms with Crippen LogP contribution in [-0.2, 0) is 21.6 Å². The molecule has 3 aromatic heterocycles. The van der Waals surface area contributed by atoms with Crippen molar-refractivity contribution < 1.29 is 23.8 Å². The Bertz CT molecular complexity index is 1800. The first-order chi connectivity index (χ1) is 20.4. The molecule has 0 saturated heterocycles. The van der Waals surface area contributed by atoms with Gasteiger partial charge in [-0.15, -0.1) is 4.80 Å². The summed E-state index contributed by atoms with van der Waals surface area (Å²) in [6.07, 6.45) is 4.85. The Morgan fingerprint density at radius 2 is 1.86 bits per heavy atom. The van der Waals surface area contributed by atoms with Crippen molar-refractivity contribution in [3.63, 3.8) is 0 Å². The van der Waals surface area contributed by atoms with E-state index in [-0.39, 0.29) is 18.5 Å². The Morgan fingerprint density at radius 3 is 2.49 bits per heavy atom. The minimum Gasteiger partial charge on any atom is -0.496 e. The van der Waals surface area contributed by atoms with Crippen molar-refractivity contribution in [3.05, 3.63) is 80.5 Å². The van der Waals surface area contributed by atoms with Gasteiger partial charge < -0.3 is 19.5 Å². The molecule has 0 spiro atoms. The summed E-state index contributed by atoms with van der Waals surface area (Å²) in [5.41, 5.74) is -2.09. The van der Waals surface area contributed by atoms with Gasteiger partial charge in [0.05, 0.1) is 44.1 Å². The Morgan fingerprint density at radius 1 is 1.19 bits per heavy atom. The SMILES string of the molecule is COc1ccc(F)cc1[C@H](Cn1c(=O)n(C(C)(C)C(=O)N2CC=CC2)c(=O)c2c(C)c(-n3nccn3)sc21)OC[C@H](C)O. The molecule has 4 heterocycles. The molecule has 1 amide bonds. The highest BCUT2D eigenvalue weighted by Crippen LogP contribution is 2.34. The maximum absolute atomic E-state index is 14.5. The molecule has 1 aliphatic heterocycles. The first-order valence-corrected chi connectivity index (χ1v) is 14.5. The molecular formula is C29H33FN6O6S. The number of nitrogens with zero attached hydrogens (tertiary/aromatic N) is 6. The molecule has 228 valence electrons. The van der Waals surface area contributed by atoms with Crippen LogP contribution in [0.3, 0.4) is 0 Å². The summed E-state index contributed by atoms with van der Waals surface area (Å²) in [6, 6.07) is 3.94. The van der Waals surface area contributed by atoms with E-state index in [1.165, 1.54) is 54.0 Å². The highest BCUT2D eigenvalue weighted by atomic mass is 32.1. The molecular weight excluding hydrogens is 579 g/mol. The zero-order valence-corrected chi connectivity index (χ0v) is 25.3. The first kappa shape index (κ1) is 30.3. The number of carbonyl (C=O) groups is 1. The molecule has 0 bridgehead atoms. The summed E-state index contributed by atoms with van der Waals surface area (Å²) in [4.78, 5) is 45.5. The third-order valence-electron chi connectivity index (χ3n) is 7.40. The van der Waals surface area contributed by atoms with E-state index in [2.05, 4.69) is 10.2 Å². The van der Waals surface area contributed by atoms with Crippen LogP contribution in [0, 0.1) is 12.7 Å². The monoisotopic (exact) mass is 612 g/mol. The van der Waals surface area contributed by atoms with Crippen molar-refractivity contribution in [2.45, 2.75) is 52.0 Å². The highest BCUT2D eigenvalue weighted by Gasteiger charge is 2.39. The molecule has 2 atom stereocenters. The zero-order valence-electron chi connectivity index (χ0n) is 24.5. The Labute approximate surface area is 250 Å². The van der Waals surface area contributed by atoms with Crippen molar-refractivity contribution in [2.75, 3.05) is 26.8 Å². The minimum atomic E-state index is -1.55. The molecule has 43 heavy (non-hydrogen) atoms. The van der Waals surface area contributed by atoms with Crippen LogP contribution in [-0.4, -0.2) is 73.0 Å². The number of hydrogen-bond donors (Lipinski definition) is 1. The van der Waals surface area contributed by atoms with Gasteiger partial charge in [-0.05, 0) is 45.9 Å². The summed E-state index contributed by atoms with van der Waals surface area (Å²) in [5, 5.41) is 19.2. The standard InChI is InChI=1S/C29H33FN6O6S/c1-17(37)16-42-22(20-14-19(30)8-9-21(20)41-5)15-34-26-23(18(2)25(43-26)36-31-10-11-32-36)24(38)35(28(34)40)29(3,4)27(39)33-12-6-7-13-33/h6-11,14,17,22,37H,12-13,15-16H2,1-5H3/t17-,22-/m0/s1. The Kier molecular flexibility index (Phi) is 8.36. The van der Waals surface area contributed by atoms with Crippen molar-refractivity contribution >= 4 is 27.5 Å². The molecule has 5 rings (SSSR count). The zero-order chi connectivity index (χ0) is 31.1. The summed E-state index contributed by atoms with van der Waals surface area (Å²) in [5.74, 6) is -0.623. The smallest absolute Gasteiger partial charge is 0.333 e. The lowest BCUT2D eigenvalue weighted by Crippen LogP contribution is -2.56. The number of methoxy groups -OCH3 is 1. The number of fused-ring (bicyclic) bond motifs is 1. The largest absolute Gasteiger partial charge is 0.496 e. The van der Waals surface area contributed by atoms with Crippen LogP contribution in [0.2, 0.25) is 0 Å². The molecule has 1 aliphatic rings. The first-order valence-electron chi connectivity index (χ1n) is 13.7. The molecule has 1 aromatic carbocycles. The minimum absolute atomic E-state index is 0.125. The second-order valence-electron chi connectivity index (χ2n) is 10.9. The molecule has 1 N–H and O–H groups in total. The number of amides is 1. The topological polar surface area (TPSA) is 134 Å². The summed E-state index contributed by atoms with van der Waals surface area (Å²) >= 11 is 1.14. The van der Waals surface area contributed by atoms with Gasteiger partial charge in [0.2, 0.25) is 5.91 Å². The van der Waals surface area contributed by atoms with Crippen molar-refractivity contribution in [3.8, 4) is 10.8 Å². The fourth-order valence-electron chi connectivity index (χ4n) is 5.25. The van der Waals surface area contributed by atoms with Crippen molar-refractivity contribution in [1.29, 1.82) is 0 Å². The average Bonchev–Trinajstić information content (AvgIpc) is 3.74. The van der Waals surface area contributed by atoms with Gasteiger partial charge in [0.1, 0.15) is 33.0 Å². The van der Waals surface area contributed by atoms with Crippen LogP contribution >= 0.6 is 11.3 Å². The molecule has 4 aromatic rings. The number of hydrogen-bond acceptors (Lipinski definition) is 9. The van der Waals surface area contributed by atoms with Crippen LogP contribution < -0.4 is 16.0 Å². The number of ether oxygens (including phenoxy) is 2. The molecule has 0 unspecified atom stereocenters. The predicted octanol–water partition coefficient (Wildman–Crippen LogP) is 2.53. The molecule has 0 fully saturated rings. The van der Waals surface area contributed by atoms with E-state index < -0.39 is 40.7 Å². The molecule has 0 radical (unpaired) electrons. The van der Waals surface area contributed by atoms with Crippen LogP contribution in [0.15, 0.2) is 52.3 Å². The van der Waals surface area contributed by atoms with Gasteiger partial charge in [-0.1, -0.05) is 23.5 Å². The van der Waals surface area contributed by atoms with E-state index >= 15 is 0 Å². The number of rotatable bonds is 10. The second-order valence-corrected chi connectivity index (χ2v) is 11.8. The molecule has 0 saturated carbocycles. The number of benzene rings is 1. The van der Waals surface area contributed by atoms with E-state index in [0.29, 0.717) is 39.8 Å². The van der Waals surface area contributed by atoms with Crippen LogP contribution in [0.4, 0.5) is 4.39 Å². The fraction of sp³-hybridized carbons (Fsp3) is 0.414. The number of aryl methyl sites for hydroxylation is 1. The molecule has 0 aliphatic carbocycles. The summed E-state index contributed by atoms with van der Waals surface area (Å²) in [7, 11) is 1.43. The van der Waals surface area contributed by atoms with Gasteiger partial charge in [0, 0.05) is 24.2 Å².